The van der Waals surface area contributed by atoms with E-state index in [2.05, 4.69) is 28.8 Å². The number of nitrogens with zero attached hydrogens (tertiary/aromatic N) is 3. The minimum Gasteiger partial charge on any atom is -0.475 e. The largest absolute Gasteiger partial charge is 0.475 e. The standard InChI is InChI=1S/C19H33N4O3S/c1-5-6-7-8-12-25-18-17(21-27-22-18)16-10-9-11-23(4,13-16)15(3)26-19(24)14(2)20/h10,14-15H,5-9,11-13,20H2,1-4H3/q+1/t14-,15?,23?/m0/s1. The maximum absolute atomic E-state index is 11.9. The number of carbonyl (C=O) groups excluding carboxylic acids is 1. The van der Waals surface area contributed by atoms with E-state index in [1.165, 1.54) is 31.0 Å². The maximum Gasteiger partial charge on any atom is 0.327 e. The molecule has 1 aromatic rings. The summed E-state index contributed by atoms with van der Waals surface area (Å²) in [5, 5.41) is 0. The molecule has 2 unspecified atom stereocenters. The zero-order chi connectivity index (χ0) is 19.9. The Morgan fingerprint density at radius 3 is 2.81 bits per heavy atom. The van der Waals surface area contributed by atoms with E-state index in [0.717, 1.165) is 30.7 Å². The molecule has 1 aliphatic rings. The molecule has 7 nitrogen and oxygen atoms in total. The fraction of sp³-hybridized carbons (Fsp3) is 0.737. The maximum atomic E-state index is 11.9. The van der Waals surface area contributed by atoms with E-state index in [-0.39, 0.29) is 12.2 Å². The van der Waals surface area contributed by atoms with Crippen LogP contribution >= 0.6 is 11.7 Å². The van der Waals surface area contributed by atoms with Crippen LogP contribution in [0.3, 0.4) is 0 Å². The molecule has 0 bridgehead atoms. The van der Waals surface area contributed by atoms with Crippen LogP contribution in [0.25, 0.3) is 5.57 Å². The molecule has 0 aliphatic carbocycles. The first-order valence-corrected chi connectivity index (χ1v) is 10.6. The number of ether oxygens (including phenoxy) is 2. The molecular formula is C19H33N4O3S+. The van der Waals surface area contributed by atoms with Crippen LogP contribution in [0.4, 0.5) is 0 Å². The van der Waals surface area contributed by atoms with Crippen LogP contribution in [-0.4, -0.2) is 58.2 Å². The summed E-state index contributed by atoms with van der Waals surface area (Å²) in [7, 11) is 2.09. The molecule has 0 saturated carbocycles. The van der Waals surface area contributed by atoms with Gasteiger partial charge in [-0.15, -0.1) is 4.37 Å². The lowest BCUT2D eigenvalue weighted by atomic mass is 10.0. The predicted octanol–water partition coefficient (Wildman–Crippen LogP) is 2.97. The molecule has 3 atom stereocenters. The van der Waals surface area contributed by atoms with E-state index < -0.39 is 6.04 Å². The average molecular weight is 398 g/mol. The van der Waals surface area contributed by atoms with Gasteiger partial charge in [-0.05, 0) is 13.3 Å². The van der Waals surface area contributed by atoms with Crippen molar-refractivity contribution in [3.8, 4) is 5.88 Å². The van der Waals surface area contributed by atoms with Crippen molar-refractivity contribution in [2.45, 2.75) is 65.1 Å². The number of hydrogen-bond acceptors (Lipinski definition) is 7. The zero-order valence-corrected chi connectivity index (χ0v) is 17.8. The quantitative estimate of drug-likeness (QED) is 0.371. The van der Waals surface area contributed by atoms with Gasteiger partial charge in [-0.2, -0.15) is 4.37 Å². The summed E-state index contributed by atoms with van der Waals surface area (Å²) in [6.45, 7) is 8.03. The lowest BCUT2D eigenvalue weighted by Gasteiger charge is -2.41. The Morgan fingerprint density at radius 1 is 1.33 bits per heavy atom. The third-order valence-electron chi connectivity index (χ3n) is 5.10. The van der Waals surface area contributed by atoms with E-state index in [1.807, 2.05) is 6.92 Å². The molecule has 2 rings (SSSR count). The van der Waals surface area contributed by atoms with Crippen molar-refractivity contribution in [1.82, 2.24) is 8.75 Å². The number of nitrogens with two attached hydrogens (primary N) is 1. The highest BCUT2D eigenvalue weighted by Crippen LogP contribution is 2.31. The normalized spacial score (nSPS) is 22.0. The molecule has 0 radical (unpaired) electrons. The van der Waals surface area contributed by atoms with Gasteiger partial charge >= 0.3 is 5.97 Å². The third kappa shape index (κ3) is 5.99. The summed E-state index contributed by atoms with van der Waals surface area (Å²) in [5.41, 5.74) is 7.56. The van der Waals surface area contributed by atoms with Gasteiger partial charge in [-0.1, -0.05) is 32.3 Å². The molecular weight excluding hydrogens is 364 g/mol. The first-order valence-electron chi connectivity index (χ1n) is 9.82. The van der Waals surface area contributed by atoms with Crippen LogP contribution < -0.4 is 10.5 Å². The van der Waals surface area contributed by atoms with Crippen molar-refractivity contribution in [2.24, 2.45) is 5.73 Å². The van der Waals surface area contributed by atoms with Gasteiger partial charge in [0.1, 0.15) is 18.3 Å². The first-order chi connectivity index (χ1) is 12.9. The Hall–Kier alpha value is -1.51. The Bertz CT molecular complexity index is 647. The van der Waals surface area contributed by atoms with Gasteiger partial charge in [0, 0.05) is 18.9 Å². The highest BCUT2D eigenvalue weighted by Gasteiger charge is 2.37. The minimum absolute atomic E-state index is 0.280. The highest BCUT2D eigenvalue weighted by atomic mass is 32.1. The van der Waals surface area contributed by atoms with E-state index in [0.29, 0.717) is 23.5 Å². The SMILES string of the molecule is CCCCCCOc1nsnc1C1=CCC[N+](C)(C(C)OC(=O)[C@H](C)N)C1. The highest BCUT2D eigenvalue weighted by molar-refractivity contribution is 6.99. The van der Waals surface area contributed by atoms with Gasteiger partial charge in [0.25, 0.3) is 5.88 Å². The molecule has 8 heteroatoms. The molecule has 0 saturated heterocycles. The molecule has 1 aliphatic heterocycles. The fourth-order valence-electron chi connectivity index (χ4n) is 3.12. The number of aromatic nitrogens is 2. The Morgan fingerprint density at radius 2 is 2.11 bits per heavy atom. The molecule has 2 heterocycles. The van der Waals surface area contributed by atoms with Crippen molar-refractivity contribution in [3.05, 3.63) is 11.8 Å². The monoisotopic (exact) mass is 397 g/mol. The summed E-state index contributed by atoms with van der Waals surface area (Å²) in [4.78, 5) is 11.9. The number of likely N-dealkylation sites (N-methyl/N-ethyl adjacent to an activating group) is 1. The lowest BCUT2D eigenvalue weighted by Crippen LogP contribution is -2.56. The van der Waals surface area contributed by atoms with Crippen LogP contribution in [0.15, 0.2) is 6.08 Å². The number of carbonyl (C=O) groups is 1. The average Bonchev–Trinajstić information content (AvgIpc) is 3.10. The van der Waals surface area contributed by atoms with Crippen molar-refractivity contribution < 1.29 is 18.8 Å². The molecule has 152 valence electrons. The smallest absolute Gasteiger partial charge is 0.327 e. The number of esters is 1. The van der Waals surface area contributed by atoms with Crippen molar-refractivity contribution in [3.63, 3.8) is 0 Å². The van der Waals surface area contributed by atoms with Crippen molar-refractivity contribution in [1.29, 1.82) is 0 Å². The second-order valence-electron chi connectivity index (χ2n) is 7.53. The zero-order valence-electron chi connectivity index (χ0n) is 16.9. The second-order valence-corrected chi connectivity index (χ2v) is 8.06. The van der Waals surface area contributed by atoms with E-state index in [4.69, 9.17) is 15.2 Å². The van der Waals surface area contributed by atoms with Crippen LogP contribution in [0, 0.1) is 0 Å². The van der Waals surface area contributed by atoms with Gasteiger partial charge in [0.05, 0.1) is 31.9 Å². The van der Waals surface area contributed by atoms with Crippen LogP contribution in [0.1, 0.15) is 58.6 Å². The van der Waals surface area contributed by atoms with E-state index in [1.54, 1.807) is 6.92 Å². The van der Waals surface area contributed by atoms with Crippen LogP contribution in [0.2, 0.25) is 0 Å². The topological polar surface area (TPSA) is 87.3 Å². The molecule has 0 amide bonds. The molecule has 1 aromatic heterocycles. The fourth-order valence-corrected chi connectivity index (χ4v) is 3.65. The van der Waals surface area contributed by atoms with Gasteiger partial charge < -0.3 is 15.2 Å². The number of rotatable bonds is 10. The molecule has 0 aromatic carbocycles. The number of quaternary nitrogens is 1. The molecule has 0 fully saturated rings. The van der Waals surface area contributed by atoms with Crippen molar-refractivity contribution >= 4 is 23.3 Å². The first kappa shape index (κ1) is 21.8. The minimum atomic E-state index is -0.616. The summed E-state index contributed by atoms with van der Waals surface area (Å²) in [6.07, 6.45) is 7.44. The Kier molecular flexibility index (Phi) is 8.19. The van der Waals surface area contributed by atoms with Gasteiger partial charge in [0.2, 0.25) is 6.23 Å². The summed E-state index contributed by atoms with van der Waals surface area (Å²) < 4.78 is 20.9. The number of hydrogen-bond donors (Lipinski definition) is 1. The Balaban J connectivity index is 2.00. The van der Waals surface area contributed by atoms with Gasteiger partial charge in [-0.3, -0.25) is 9.28 Å². The van der Waals surface area contributed by atoms with E-state index in [9.17, 15) is 4.79 Å². The predicted molar refractivity (Wildman–Crippen MR) is 107 cm³/mol. The van der Waals surface area contributed by atoms with Gasteiger partial charge in [0.15, 0.2) is 0 Å². The van der Waals surface area contributed by atoms with Crippen LogP contribution in [-0.2, 0) is 9.53 Å². The lowest BCUT2D eigenvalue weighted by molar-refractivity contribution is -0.944. The Labute approximate surface area is 166 Å². The van der Waals surface area contributed by atoms with E-state index >= 15 is 0 Å². The third-order valence-corrected chi connectivity index (χ3v) is 5.61. The van der Waals surface area contributed by atoms with Crippen molar-refractivity contribution in [2.75, 3.05) is 26.7 Å². The summed E-state index contributed by atoms with van der Waals surface area (Å²) >= 11 is 1.18. The molecule has 0 spiro atoms. The summed E-state index contributed by atoms with van der Waals surface area (Å²) in [6, 6.07) is -0.616. The molecule has 2 N–H and O–H groups in total. The van der Waals surface area contributed by atoms with Crippen LogP contribution in [0.5, 0.6) is 5.88 Å². The van der Waals surface area contributed by atoms with Gasteiger partial charge in [-0.25, -0.2) is 0 Å². The molecule has 27 heavy (non-hydrogen) atoms. The second kappa shape index (κ2) is 10.1. The summed E-state index contributed by atoms with van der Waals surface area (Å²) in [5.74, 6) is 0.251. The number of unbranched alkanes of at least 4 members (excludes halogenated alkanes) is 3.